The number of fused-ring (bicyclic) bond motifs is 1. The molecule has 0 atom stereocenters. The SMILES string of the molecule is CCCOCC.CCOc1cc(-c2cccc(NS(=O)(=O)CCCF)c2F)cc2c(N)nc(-c3cnc(N)nc3)nc12. The van der Waals surface area contributed by atoms with Gasteiger partial charge in [-0.2, -0.15) is 0 Å². The van der Waals surface area contributed by atoms with Crippen LogP contribution in [0.4, 0.5) is 26.2 Å². The molecule has 0 saturated heterocycles. The fraction of sp³-hybridized carbons (Fsp3) is 0.357. The van der Waals surface area contributed by atoms with Crippen LogP contribution in [0.2, 0.25) is 0 Å². The Kier molecular flexibility index (Phi) is 11.7. The highest BCUT2D eigenvalue weighted by atomic mass is 32.2. The molecule has 42 heavy (non-hydrogen) atoms. The van der Waals surface area contributed by atoms with Crippen molar-refractivity contribution in [2.24, 2.45) is 0 Å². The van der Waals surface area contributed by atoms with Gasteiger partial charge in [0, 0.05) is 36.6 Å². The quantitative estimate of drug-likeness (QED) is 0.188. The molecule has 4 aromatic rings. The number of alkyl halides is 1. The summed E-state index contributed by atoms with van der Waals surface area (Å²) in [6.45, 7) is 7.16. The molecule has 0 spiro atoms. The Morgan fingerprint density at radius 2 is 1.74 bits per heavy atom. The van der Waals surface area contributed by atoms with Gasteiger partial charge in [-0.05, 0) is 50.5 Å². The van der Waals surface area contributed by atoms with E-state index in [0.717, 1.165) is 19.6 Å². The molecule has 5 N–H and O–H groups in total. The summed E-state index contributed by atoms with van der Waals surface area (Å²) >= 11 is 0. The molecule has 14 heteroatoms. The third kappa shape index (κ3) is 8.42. The number of ether oxygens (including phenoxy) is 2. The summed E-state index contributed by atoms with van der Waals surface area (Å²) < 4.78 is 65.1. The van der Waals surface area contributed by atoms with Crippen LogP contribution in [0, 0.1) is 5.82 Å². The molecule has 2 aromatic heterocycles. The summed E-state index contributed by atoms with van der Waals surface area (Å²) in [5.41, 5.74) is 12.9. The van der Waals surface area contributed by atoms with Gasteiger partial charge in [-0.25, -0.2) is 32.7 Å². The molecule has 0 unspecified atom stereocenters. The summed E-state index contributed by atoms with van der Waals surface area (Å²) in [6, 6.07) is 7.45. The predicted octanol–water partition coefficient (Wildman–Crippen LogP) is 4.99. The maximum Gasteiger partial charge on any atom is 0.232 e. The number of nitrogen functional groups attached to an aromatic ring is 2. The fourth-order valence-electron chi connectivity index (χ4n) is 3.81. The van der Waals surface area contributed by atoms with Crippen molar-refractivity contribution in [1.29, 1.82) is 0 Å². The van der Waals surface area contributed by atoms with Crippen LogP contribution in [0.3, 0.4) is 0 Å². The van der Waals surface area contributed by atoms with Crippen LogP contribution in [-0.4, -0.2) is 60.6 Å². The summed E-state index contributed by atoms with van der Waals surface area (Å²) in [5, 5.41) is 0.407. The van der Waals surface area contributed by atoms with Crippen molar-refractivity contribution in [3.8, 4) is 28.3 Å². The minimum atomic E-state index is -3.92. The van der Waals surface area contributed by atoms with Crippen molar-refractivity contribution >= 4 is 38.4 Å². The zero-order chi connectivity index (χ0) is 30.7. The van der Waals surface area contributed by atoms with E-state index in [4.69, 9.17) is 20.9 Å². The lowest BCUT2D eigenvalue weighted by Crippen LogP contribution is -2.18. The van der Waals surface area contributed by atoms with Crippen molar-refractivity contribution in [1.82, 2.24) is 19.9 Å². The first-order valence-corrected chi connectivity index (χ1v) is 15.0. The summed E-state index contributed by atoms with van der Waals surface area (Å²) in [4.78, 5) is 16.8. The van der Waals surface area contributed by atoms with E-state index in [2.05, 4.69) is 31.6 Å². The molecule has 0 saturated carbocycles. The van der Waals surface area contributed by atoms with E-state index in [-0.39, 0.29) is 35.3 Å². The maximum atomic E-state index is 15.4. The van der Waals surface area contributed by atoms with Crippen LogP contribution in [0.15, 0.2) is 42.7 Å². The van der Waals surface area contributed by atoms with Gasteiger partial charge in [-0.1, -0.05) is 19.1 Å². The Labute approximate surface area is 243 Å². The Hall–Kier alpha value is -4.17. The standard InChI is InChI=1S/C23H23F2N7O3S.C5H12O/c1-2-35-18-10-13(15-5-3-6-17(19(15)25)32-36(33,34)8-4-7-24)9-16-20(18)30-22(31-21(16)26)14-11-28-23(27)29-12-14;1-3-5-6-4-2/h3,5-6,9-12,32H,2,4,7-8H2,1H3,(H2,26,30,31)(H2,27,28,29);3-5H2,1-2H3. The van der Waals surface area contributed by atoms with Crippen molar-refractivity contribution in [2.75, 3.05) is 48.4 Å². The Morgan fingerprint density at radius 1 is 1.00 bits per heavy atom. The first-order chi connectivity index (χ1) is 20.1. The lowest BCUT2D eigenvalue weighted by molar-refractivity contribution is 0.148. The van der Waals surface area contributed by atoms with Gasteiger partial charge in [-0.3, -0.25) is 9.11 Å². The molecule has 0 aliphatic rings. The lowest BCUT2D eigenvalue weighted by Gasteiger charge is -2.15. The number of nitrogens with zero attached hydrogens (tertiary/aromatic N) is 4. The smallest absolute Gasteiger partial charge is 0.232 e. The number of benzene rings is 2. The van der Waals surface area contributed by atoms with Crippen LogP contribution in [-0.2, 0) is 14.8 Å². The number of halogens is 2. The van der Waals surface area contributed by atoms with E-state index in [1.165, 1.54) is 30.6 Å². The minimum absolute atomic E-state index is 0.0963. The molecule has 4 rings (SSSR count). The second-order valence-electron chi connectivity index (χ2n) is 8.89. The highest BCUT2D eigenvalue weighted by Crippen LogP contribution is 2.37. The molecule has 0 amide bonds. The second kappa shape index (κ2) is 15.2. The molecule has 226 valence electrons. The lowest BCUT2D eigenvalue weighted by atomic mass is 10.0. The molecule has 0 aliphatic heterocycles. The largest absolute Gasteiger partial charge is 0.492 e. The normalized spacial score (nSPS) is 11.2. The zero-order valence-electron chi connectivity index (χ0n) is 23.7. The number of sulfonamides is 1. The van der Waals surface area contributed by atoms with Crippen LogP contribution in [0.5, 0.6) is 5.75 Å². The average molecular weight is 604 g/mol. The summed E-state index contributed by atoms with van der Waals surface area (Å²) in [7, 11) is -3.92. The van der Waals surface area contributed by atoms with E-state index in [0.29, 0.717) is 34.4 Å². The van der Waals surface area contributed by atoms with Gasteiger partial charge in [0.05, 0.1) is 30.3 Å². The fourth-order valence-corrected chi connectivity index (χ4v) is 4.90. The van der Waals surface area contributed by atoms with E-state index in [9.17, 15) is 12.8 Å². The molecule has 0 radical (unpaired) electrons. The van der Waals surface area contributed by atoms with Crippen molar-refractivity contribution < 1.29 is 26.7 Å². The average Bonchev–Trinajstić information content (AvgIpc) is 2.97. The Morgan fingerprint density at radius 3 is 2.36 bits per heavy atom. The number of anilines is 3. The van der Waals surface area contributed by atoms with E-state index in [1.54, 1.807) is 19.1 Å². The summed E-state index contributed by atoms with van der Waals surface area (Å²) in [5.74, 6) is -0.487. The number of hydrogen-bond donors (Lipinski definition) is 3. The Bertz CT molecular complexity index is 1590. The zero-order valence-corrected chi connectivity index (χ0v) is 24.5. The van der Waals surface area contributed by atoms with Crippen LogP contribution in [0.25, 0.3) is 33.4 Å². The van der Waals surface area contributed by atoms with Gasteiger partial charge >= 0.3 is 0 Å². The van der Waals surface area contributed by atoms with Gasteiger partial charge in [-0.15, -0.1) is 0 Å². The molecule has 11 nitrogen and oxygen atoms in total. The van der Waals surface area contributed by atoms with Gasteiger partial charge in [0.15, 0.2) is 11.6 Å². The van der Waals surface area contributed by atoms with Crippen molar-refractivity contribution in [2.45, 2.75) is 33.6 Å². The van der Waals surface area contributed by atoms with E-state index >= 15 is 4.39 Å². The van der Waals surface area contributed by atoms with E-state index < -0.39 is 28.3 Å². The van der Waals surface area contributed by atoms with Gasteiger partial charge in [0.2, 0.25) is 16.0 Å². The van der Waals surface area contributed by atoms with Crippen molar-refractivity contribution in [3.63, 3.8) is 0 Å². The molecule has 2 aromatic carbocycles. The molecule has 0 bridgehead atoms. The van der Waals surface area contributed by atoms with Gasteiger partial charge < -0.3 is 20.9 Å². The molecule has 0 aliphatic carbocycles. The molecular weight excluding hydrogens is 568 g/mol. The predicted molar refractivity (Wildman–Crippen MR) is 161 cm³/mol. The molecular formula is C28H35F2N7O4S. The number of nitrogens with two attached hydrogens (primary N) is 2. The Balaban J connectivity index is 0.000000730. The highest BCUT2D eigenvalue weighted by Gasteiger charge is 2.19. The maximum absolute atomic E-state index is 15.4. The first kappa shape index (κ1) is 32.3. The third-order valence-electron chi connectivity index (χ3n) is 5.70. The molecule has 0 fully saturated rings. The first-order valence-electron chi connectivity index (χ1n) is 13.4. The minimum Gasteiger partial charge on any atom is -0.492 e. The third-order valence-corrected chi connectivity index (χ3v) is 7.06. The highest BCUT2D eigenvalue weighted by molar-refractivity contribution is 7.92. The van der Waals surface area contributed by atoms with Gasteiger partial charge in [0.25, 0.3) is 0 Å². The van der Waals surface area contributed by atoms with Crippen LogP contribution in [0.1, 0.15) is 33.6 Å². The summed E-state index contributed by atoms with van der Waals surface area (Å²) in [6.07, 6.45) is 3.87. The van der Waals surface area contributed by atoms with Gasteiger partial charge in [0.1, 0.15) is 17.1 Å². The van der Waals surface area contributed by atoms with Crippen LogP contribution >= 0.6 is 0 Å². The monoisotopic (exact) mass is 603 g/mol. The number of aromatic nitrogens is 4. The van der Waals surface area contributed by atoms with E-state index in [1.807, 2.05) is 6.92 Å². The number of nitrogens with one attached hydrogen (secondary N) is 1. The topological polar surface area (TPSA) is 168 Å². The van der Waals surface area contributed by atoms with Crippen LogP contribution < -0.4 is 20.9 Å². The number of rotatable bonds is 12. The molecule has 2 heterocycles. The van der Waals surface area contributed by atoms with Crippen molar-refractivity contribution in [3.05, 3.63) is 48.5 Å². The number of hydrogen-bond acceptors (Lipinski definition) is 10. The second-order valence-corrected chi connectivity index (χ2v) is 10.7.